The zero-order valence-electron chi connectivity index (χ0n) is 16.1. The predicted molar refractivity (Wildman–Crippen MR) is 105 cm³/mol. The summed E-state index contributed by atoms with van der Waals surface area (Å²) < 4.78 is 16.0. The molecule has 142 valence electrons. The normalized spacial score (nSPS) is 11.0. The number of ether oxygens (including phenoxy) is 1. The number of aromatic nitrogens is 4. The van der Waals surface area contributed by atoms with Crippen molar-refractivity contribution < 1.29 is 9.53 Å². The average Bonchev–Trinajstić information content (AvgIpc) is 3.17. The molecule has 27 heavy (non-hydrogen) atoms. The highest BCUT2D eigenvalue weighted by Gasteiger charge is 2.17. The van der Waals surface area contributed by atoms with Crippen molar-refractivity contribution in [2.24, 2.45) is 0 Å². The molecule has 0 aliphatic carbocycles. The molecule has 1 N–H and O–H groups in total. The molecule has 0 aliphatic heterocycles. The van der Waals surface area contributed by atoms with Crippen LogP contribution in [0.25, 0.3) is 0 Å². The standard InChI is InChI=1S/C19H23N5O2S/c1-11(2)24-14(5)18(13(4)21-24)20-19(25)15-7-6-8-16(9-15)26-10-17-12(3)22-27-23-17/h6-9,11H,10H2,1-5H3,(H,20,25). The summed E-state index contributed by atoms with van der Waals surface area (Å²) in [7, 11) is 0. The Balaban J connectivity index is 1.73. The molecule has 7 nitrogen and oxygen atoms in total. The van der Waals surface area contributed by atoms with Gasteiger partial charge in [0.25, 0.3) is 5.91 Å². The molecule has 0 unspecified atom stereocenters. The van der Waals surface area contributed by atoms with Gasteiger partial charge in [-0.1, -0.05) is 6.07 Å². The molecule has 0 saturated carbocycles. The van der Waals surface area contributed by atoms with Crippen molar-refractivity contribution in [2.75, 3.05) is 5.32 Å². The first-order valence-corrected chi connectivity index (χ1v) is 9.47. The van der Waals surface area contributed by atoms with Gasteiger partial charge in [0.1, 0.15) is 18.1 Å². The second kappa shape index (κ2) is 7.87. The highest BCUT2D eigenvalue weighted by molar-refractivity contribution is 6.99. The number of benzene rings is 1. The lowest BCUT2D eigenvalue weighted by Crippen LogP contribution is -2.13. The van der Waals surface area contributed by atoms with Crippen LogP contribution in [0, 0.1) is 20.8 Å². The van der Waals surface area contributed by atoms with E-state index >= 15 is 0 Å². The van der Waals surface area contributed by atoms with Crippen LogP contribution in [-0.4, -0.2) is 24.4 Å². The molecule has 0 radical (unpaired) electrons. The summed E-state index contributed by atoms with van der Waals surface area (Å²) in [4.78, 5) is 12.7. The van der Waals surface area contributed by atoms with Crippen LogP contribution >= 0.6 is 11.7 Å². The van der Waals surface area contributed by atoms with E-state index in [-0.39, 0.29) is 11.9 Å². The number of amides is 1. The quantitative estimate of drug-likeness (QED) is 0.692. The van der Waals surface area contributed by atoms with E-state index in [0.717, 1.165) is 28.5 Å². The summed E-state index contributed by atoms with van der Waals surface area (Å²) in [6, 6.07) is 7.33. The molecule has 3 aromatic rings. The Morgan fingerprint density at radius 3 is 2.63 bits per heavy atom. The molecule has 1 aromatic carbocycles. The molecule has 2 heterocycles. The van der Waals surface area contributed by atoms with Gasteiger partial charge in [-0.2, -0.15) is 13.8 Å². The molecule has 1 amide bonds. The van der Waals surface area contributed by atoms with E-state index < -0.39 is 0 Å². The fourth-order valence-corrected chi connectivity index (χ4v) is 3.34. The fraction of sp³-hybridized carbons (Fsp3) is 0.368. The number of nitrogens with zero attached hydrogens (tertiary/aromatic N) is 4. The Morgan fingerprint density at radius 1 is 1.22 bits per heavy atom. The van der Waals surface area contributed by atoms with Gasteiger partial charge in [-0.25, -0.2) is 0 Å². The van der Waals surface area contributed by atoms with E-state index in [4.69, 9.17) is 4.74 Å². The number of aryl methyl sites for hydroxylation is 2. The summed E-state index contributed by atoms with van der Waals surface area (Å²) in [5.74, 6) is 0.419. The number of hydrogen-bond donors (Lipinski definition) is 1. The van der Waals surface area contributed by atoms with Crippen LogP contribution in [0.5, 0.6) is 5.75 Å². The van der Waals surface area contributed by atoms with Crippen LogP contribution < -0.4 is 10.1 Å². The molecular weight excluding hydrogens is 362 g/mol. The van der Waals surface area contributed by atoms with E-state index in [0.29, 0.717) is 17.9 Å². The first-order valence-electron chi connectivity index (χ1n) is 8.74. The van der Waals surface area contributed by atoms with Gasteiger partial charge in [0.05, 0.1) is 34.5 Å². The minimum atomic E-state index is -0.193. The van der Waals surface area contributed by atoms with Crippen LogP contribution in [0.1, 0.15) is 53.0 Å². The van der Waals surface area contributed by atoms with Gasteiger partial charge in [0.15, 0.2) is 0 Å². The lowest BCUT2D eigenvalue weighted by Gasteiger charge is -2.10. The zero-order valence-corrected chi connectivity index (χ0v) is 16.9. The maximum Gasteiger partial charge on any atom is 0.255 e. The maximum absolute atomic E-state index is 12.7. The number of hydrogen-bond acceptors (Lipinski definition) is 6. The Bertz CT molecular complexity index is 961. The van der Waals surface area contributed by atoms with E-state index in [1.807, 2.05) is 31.5 Å². The summed E-state index contributed by atoms with van der Waals surface area (Å²) in [5, 5.41) is 7.48. The lowest BCUT2D eigenvalue weighted by atomic mass is 10.2. The zero-order chi connectivity index (χ0) is 19.6. The molecule has 0 fully saturated rings. The van der Waals surface area contributed by atoms with Crippen LogP contribution in [0.15, 0.2) is 24.3 Å². The van der Waals surface area contributed by atoms with Crippen molar-refractivity contribution in [3.8, 4) is 5.75 Å². The lowest BCUT2D eigenvalue weighted by molar-refractivity contribution is 0.102. The number of carbonyl (C=O) groups excluding carboxylic acids is 1. The summed E-state index contributed by atoms with van der Waals surface area (Å²) >= 11 is 1.17. The van der Waals surface area contributed by atoms with Gasteiger partial charge >= 0.3 is 0 Å². The second-order valence-electron chi connectivity index (χ2n) is 6.65. The van der Waals surface area contributed by atoms with Crippen LogP contribution in [-0.2, 0) is 6.61 Å². The summed E-state index contributed by atoms with van der Waals surface area (Å²) in [6.07, 6.45) is 0. The average molecular weight is 385 g/mol. The van der Waals surface area contributed by atoms with Gasteiger partial charge in [-0.05, 0) is 52.8 Å². The van der Waals surface area contributed by atoms with Gasteiger partial charge < -0.3 is 10.1 Å². The van der Waals surface area contributed by atoms with Crippen molar-refractivity contribution in [3.63, 3.8) is 0 Å². The largest absolute Gasteiger partial charge is 0.487 e. The smallest absolute Gasteiger partial charge is 0.255 e. The highest BCUT2D eigenvalue weighted by Crippen LogP contribution is 2.24. The minimum absolute atomic E-state index is 0.193. The van der Waals surface area contributed by atoms with Gasteiger partial charge in [-0.15, -0.1) is 0 Å². The van der Waals surface area contributed by atoms with Gasteiger partial charge in [0.2, 0.25) is 0 Å². The molecule has 0 aliphatic rings. The third-order valence-electron chi connectivity index (χ3n) is 4.27. The number of anilines is 1. The number of nitrogens with one attached hydrogen (secondary N) is 1. The highest BCUT2D eigenvalue weighted by atomic mass is 32.1. The SMILES string of the molecule is Cc1nsnc1COc1cccc(C(=O)Nc2c(C)nn(C(C)C)c2C)c1. The molecule has 0 spiro atoms. The van der Waals surface area contributed by atoms with Crippen LogP contribution in [0.3, 0.4) is 0 Å². The third-order valence-corrected chi connectivity index (χ3v) is 4.93. The van der Waals surface area contributed by atoms with E-state index in [1.165, 1.54) is 11.7 Å². The Labute approximate surface area is 162 Å². The first kappa shape index (κ1) is 19.0. The van der Waals surface area contributed by atoms with Crippen molar-refractivity contribution in [1.29, 1.82) is 0 Å². The Morgan fingerprint density at radius 2 is 2.00 bits per heavy atom. The van der Waals surface area contributed by atoms with E-state index in [1.54, 1.807) is 18.2 Å². The summed E-state index contributed by atoms with van der Waals surface area (Å²) in [6.45, 7) is 10.2. The molecule has 0 bridgehead atoms. The molecule has 0 atom stereocenters. The molecular formula is C19H23N5O2S. The van der Waals surface area contributed by atoms with Gasteiger partial charge in [0, 0.05) is 11.6 Å². The topological polar surface area (TPSA) is 81.9 Å². The second-order valence-corrected chi connectivity index (χ2v) is 7.18. The van der Waals surface area contributed by atoms with Crippen LogP contribution in [0.4, 0.5) is 5.69 Å². The predicted octanol–water partition coefficient (Wildman–Crippen LogP) is 4.07. The van der Waals surface area contributed by atoms with Crippen LogP contribution in [0.2, 0.25) is 0 Å². The fourth-order valence-electron chi connectivity index (χ4n) is 2.79. The molecule has 2 aromatic heterocycles. The first-order chi connectivity index (χ1) is 12.9. The Hall–Kier alpha value is -2.74. The van der Waals surface area contributed by atoms with E-state index in [9.17, 15) is 4.79 Å². The third kappa shape index (κ3) is 4.16. The molecule has 0 saturated heterocycles. The van der Waals surface area contributed by atoms with Crippen molar-refractivity contribution in [1.82, 2.24) is 18.5 Å². The summed E-state index contributed by atoms with van der Waals surface area (Å²) in [5.41, 5.74) is 4.69. The van der Waals surface area contributed by atoms with Crippen molar-refractivity contribution in [3.05, 3.63) is 52.6 Å². The van der Waals surface area contributed by atoms with E-state index in [2.05, 4.69) is 33.0 Å². The number of rotatable bonds is 6. The Kier molecular flexibility index (Phi) is 5.55. The maximum atomic E-state index is 12.7. The number of carbonyl (C=O) groups is 1. The minimum Gasteiger partial charge on any atom is -0.487 e. The molecule has 8 heteroatoms. The van der Waals surface area contributed by atoms with Gasteiger partial charge in [-0.3, -0.25) is 9.48 Å². The molecule has 3 rings (SSSR count). The van der Waals surface area contributed by atoms with Crippen molar-refractivity contribution >= 4 is 23.3 Å². The van der Waals surface area contributed by atoms with Crippen molar-refractivity contribution in [2.45, 2.75) is 47.3 Å². The monoisotopic (exact) mass is 385 g/mol.